The van der Waals surface area contributed by atoms with E-state index in [0.29, 0.717) is 5.69 Å². The van der Waals surface area contributed by atoms with Crippen molar-refractivity contribution in [2.45, 2.75) is 6.42 Å². The summed E-state index contributed by atoms with van der Waals surface area (Å²) in [7, 11) is 0. The predicted octanol–water partition coefficient (Wildman–Crippen LogP) is 3.50. The number of carbonyl (C=O) groups excluding carboxylic acids is 1. The first kappa shape index (κ1) is 12.1. The largest absolute Gasteiger partial charge is 0.325 e. The molecule has 0 bridgehead atoms. The van der Waals surface area contributed by atoms with Gasteiger partial charge in [0.1, 0.15) is 6.42 Å². The number of hydrogen-bond acceptors (Lipinski definition) is 2. The van der Waals surface area contributed by atoms with Crippen molar-refractivity contribution in [2.24, 2.45) is 0 Å². The number of nitriles is 1. The maximum Gasteiger partial charge on any atom is 0.238 e. The molecule has 78 valence electrons. The first-order valence-corrected chi connectivity index (χ1v) is 4.99. The Kier molecular flexibility index (Phi) is 4.22. The molecule has 0 unspecified atom stereocenters. The molecular weight excluding hydrogens is 258 g/mol. The Hall–Kier alpha value is -0.950. The summed E-state index contributed by atoms with van der Waals surface area (Å²) in [5.41, 5.74) is 0.412. The zero-order chi connectivity index (χ0) is 11.4. The van der Waals surface area contributed by atoms with E-state index in [4.69, 9.17) is 40.1 Å². The molecule has 0 aliphatic carbocycles. The molecule has 0 heterocycles. The molecule has 0 spiro atoms. The summed E-state index contributed by atoms with van der Waals surface area (Å²) in [5.74, 6) is -0.424. The van der Waals surface area contributed by atoms with Crippen molar-refractivity contribution in [3.05, 3.63) is 27.2 Å². The minimum absolute atomic E-state index is 0.224. The lowest BCUT2D eigenvalue weighted by molar-refractivity contribution is -0.115. The number of halogens is 3. The number of rotatable bonds is 2. The van der Waals surface area contributed by atoms with Crippen LogP contribution in [0.4, 0.5) is 5.69 Å². The lowest BCUT2D eigenvalue weighted by Gasteiger charge is -2.05. The first-order valence-electron chi connectivity index (χ1n) is 3.86. The van der Waals surface area contributed by atoms with Crippen LogP contribution in [0.3, 0.4) is 0 Å². The van der Waals surface area contributed by atoms with Gasteiger partial charge in [0.05, 0.1) is 21.1 Å². The average Bonchev–Trinajstić information content (AvgIpc) is 2.14. The molecule has 0 aliphatic rings. The normalized spacial score (nSPS) is 9.47. The van der Waals surface area contributed by atoms with Gasteiger partial charge in [-0.25, -0.2) is 0 Å². The molecule has 15 heavy (non-hydrogen) atoms. The van der Waals surface area contributed by atoms with E-state index in [9.17, 15) is 4.79 Å². The zero-order valence-corrected chi connectivity index (χ0v) is 9.62. The number of anilines is 1. The van der Waals surface area contributed by atoms with E-state index in [0.717, 1.165) is 0 Å². The molecule has 0 radical (unpaired) electrons. The molecule has 0 fully saturated rings. The van der Waals surface area contributed by atoms with Crippen LogP contribution in [0.1, 0.15) is 6.42 Å². The van der Waals surface area contributed by atoms with Gasteiger partial charge in [-0.15, -0.1) is 0 Å². The molecule has 0 aromatic heterocycles. The summed E-state index contributed by atoms with van der Waals surface area (Å²) < 4.78 is 0. The van der Waals surface area contributed by atoms with Gasteiger partial charge in [0, 0.05) is 5.69 Å². The van der Waals surface area contributed by atoms with Crippen LogP contribution in [-0.2, 0) is 4.79 Å². The van der Waals surface area contributed by atoms with E-state index < -0.39 is 5.91 Å². The lowest BCUT2D eigenvalue weighted by atomic mass is 10.3. The van der Waals surface area contributed by atoms with Crippen LogP contribution in [0, 0.1) is 11.3 Å². The van der Waals surface area contributed by atoms with Crippen molar-refractivity contribution in [3.63, 3.8) is 0 Å². The Balaban J connectivity index is 2.89. The second-order valence-corrected chi connectivity index (χ2v) is 3.83. The highest BCUT2D eigenvalue weighted by atomic mass is 35.5. The van der Waals surface area contributed by atoms with Crippen molar-refractivity contribution in [1.29, 1.82) is 5.26 Å². The molecule has 3 nitrogen and oxygen atoms in total. The van der Waals surface area contributed by atoms with Crippen molar-refractivity contribution in [1.82, 2.24) is 0 Å². The molecule has 1 amide bonds. The Morgan fingerprint density at radius 3 is 2.33 bits per heavy atom. The summed E-state index contributed by atoms with van der Waals surface area (Å²) in [6.07, 6.45) is -0.224. The van der Waals surface area contributed by atoms with Gasteiger partial charge in [-0.2, -0.15) is 5.26 Å². The Morgan fingerprint density at radius 2 is 1.87 bits per heavy atom. The van der Waals surface area contributed by atoms with Crippen LogP contribution in [0.5, 0.6) is 0 Å². The molecule has 1 aromatic carbocycles. The van der Waals surface area contributed by atoms with Gasteiger partial charge in [0.2, 0.25) is 5.91 Å². The van der Waals surface area contributed by atoms with Crippen LogP contribution >= 0.6 is 34.8 Å². The third-order valence-electron chi connectivity index (χ3n) is 1.51. The van der Waals surface area contributed by atoms with Gasteiger partial charge in [0.15, 0.2) is 0 Å². The van der Waals surface area contributed by atoms with E-state index in [1.165, 1.54) is 12.1 Å². The van der Waals surface area contributed by atoms with Gasteiger partial charge in [0.25, 0.3) is 0 Å². The van der Waals surface area contributed by atoms with E-state index in [-0.39, 0.29) is 21.5 Å². The van der Waals surface area contributed by atoms with Crippen molar-refractivity contribution in [3.8, 4) is 6.07 Å². The predicted molar refractivity (Wildman–Crippen MR) is 60.3 cm³/mol. The molecular formula is C9H5Cl3N2O. The third kappa shape index (κ3) is 3.28. The van der Waals surface area contributed by atoms with Gasteiger partial charge in [-0.1, -0.05) is 34.8 Å². The van der Waals surface area contributed by atoms with Crippen molar-refractivity contribution in [2.75, 3.05) is 5.32 Å². The average molecular weight is 264 g/mol. The number of carbonyl (C=O) groups is 1. The minimum Gasteiger partial charge on any atom is -0.325 e. The lowest BCUT2D eigenvalue weighted by Crippen LogP contribution is -2.09. The molecule has 0 saturated heterocycles. The summed E-state index contributed by atoms with van der Waals surface area (Å²) in [6, 6.07) is 4.65. The standard InChI is InChI=1S/C9H5Cl3N2O/c10-6-3-5(4-7(11)9(6)12)14-8(15)1-2-13/h3-4H,1H2,(H,14,15). The Bertz CT molecular complexity index is 416. The van der Waals surface area contributed by atoms with Crippen LogP contribution in [-0.4, -0.2) is 5.91 Å². The molecule has 0 atom stereocenters. The van der Waals surface area contributed by atoms with E-state index >= 15 is 0 Å². The van der Waals surface area contributed by atoms with Crippen LogP contribution in [0.15, 0.2) is 12.1 Å². The van der Waals surface area contributed by atoms with Crippen molar-refractivity contribution < 1.29 is 4.79 Å². The van der Waals surface area contributed by atoms with Crippen LogP contribution < -0.4 is 5.32 Å². The maximum absolute atomic E-state index is 11.1. The Labute approximate surface area is 102 Å². The maximum atomic E-state index is 11.1. The minimum atomic E-state index is -0.424. The number of hydrogen-bond donors (Lipinski definition) is 1. The summed E-state index contributed by atoms with van der Waals surface area (Å²) >= 11 is 17.2. The monoisotopic (exact) mass is 262 g/mol. The zero-order valence-electron chi connectivity index (χ0n) is 7.35. The molecule has 6 heteroatoms. The third-order valence-corrected chi connectivity index (χ3v) is 2.70. The number of benzene rings is 1. The van der Waals surface area contributed by atoms with Gasteiger partial charge in [-0.3, -0.25) is 4.79 Å². The van der Waals surface area contributed by atoms with Crippen molar-refractivity contribution >= 4 is 46.4 Å². The first-order chi connectivity index (χ1) is 7.04. The fourth-order valence-electron chi connectivity index (χ4n) is 0.905. The van der Waals surface area contributed by atoms with Crippen LogP contribution in [0.2, 0.25) is 15.1 Å². The van der Waals surface area contributed by atoms with Crippen LogP contribution in [0.25, 0.3) is 0 Å². The molecule has 1 rings (SSSR count). The molecule has 0 saturated carbocycles. The van der Waals surface area contributed by atoms with Gasteiger partial charge >= 0.3 is 0 Å². The van der Waals surface area contributed by atoms with E-state index in [2.05, 4.69) is 5.32 Å². The van der Waals surface area contributed by atoms with E-state index in [1.54, 1.807) is 6.07 Å². The smallest absolute Gasteiger partial charge is 0.238 e. The fraction of sp³-hybridized carbons (Fsp3) is 0.111. The fourth-order valence-corrected chi connectivity index (χ4v) is 1.50. The number of nitrogens with one attached hydrogen (secondary N) is 1. The Morgan fingerprint density at radius 1 is 1.33 bits per heavy atom. The summed E-state index contributed by atoms with van der Waals surface area (Å²) in [5, 5.41) is 11.5. The topological polar surface area (TPSA) is 52.9 Å². The summed E-state index contributed by atoms with van der Waals surface area (Å²) in [6.45, 7) is 0. The highest BCUT2D eigenvalue weighted by molar-refractivity contribution is 6.48. The summed E-state index contributed by atoms with van der Waals surface area (Å²) in [4.78, 5) is 11.1. The quantitative estimate of drug-likeness (QED) is 0.830. The number of nitrogens with zero attached hydrogens (tertiary/aromatic N) is 1. The molecule has 1 N–H and O–H groups in total. The second-order valence-electron chi connectivity index (χ2n) is 2.64. The molecule has 1 aromatic rings. The molecule has 0 aliphatic heterocycles. The van der Waals surface area contributed by atoms with Gasteiger partial charge in [-0.05, 0) is 12.1 Å². The van der Waals surface area contributed by atoms with E-state index in [1.807, 2.05) is 0 Å². The SMILES string of the molecule is N#CCC(=O)Nc1cc(Cl)c(Cl)c(Cl)c1. The highest BCUT2D eigenvalue weighted by Gasteiger charge is 2.07. The highest BCUT2D eigenvalue weighted by Crippen LogP contribution is 2.33. The second kappa shape index (κ2) is 5.22. The van der Waals surface area contributed by atoms with Gasteiger partial charge < -0.3 is 5.32 Å². The number of amides is 1.